The van der Waals surface area contributed by atoms with Gasteiger partial charge in [-0.3, -0.25) is 4.72 Å². The molecular weight excluding hydrogens is 266 g/mol. The van der Waals surface area contributed by atoms with E-state index < -0.39 is 33.0 Å². The van der Waals surface area contributed by atoms with E-state index in [-0.39, 0.29) is 4.90 Å². The fourth-order valence-corrected chi connectivity index (χ4v) is 2.24. The molecule has 0 saturated heterocycles. The summed E-state index contributed by atoms with van der Waals surface area (Å²) < 4.78 is 56.5. The Hall–Kier alpha value is -2.09. The third-order valence-electron chi connectivity index (χ3n) is 2.18. The average Bonchev–Trinajstić information content (AvgIpc) is 2.84. The quantitative estimate of drug-likeness (QED) is 0.837. The average molecular weight is 274 g/mol. The van der Waals surface area contributed by atoms with Gasteiger partial charge < -0.3 is 10.2 Å². The van der Waals surface area contributed by atoms with Gasteiger partial charge in [0.15, 0.2) is 5.82 Å². The van der Waals surface area contributed by atoms with Gasteiger partial charge in [0, 0.05) is 0 Å². The molecule has 96 valence electrons. The minimum absolute atomic E-state index is 0.176. The first kappa shape index (κ1) is 12.4. The number of hydrogen-bond donors (Lipinski definition) is 2. The van der Waals surface area contributed by atoms with Crippen molar-refractivity contribution in [3.05, 3.63) is 42.4 Å². The van der Waals surface area contributed by atoms with Crippen LogP contribution in [0.5, 0.6) is 0 Å². The van der Waals surface area contributed by atoms with Crippen molar-refractivity contribution in [3.8, 4) is 0 Å². The Morgan fingerprint density at radius 3 is 2.56 bits per heavy atom. The molecule has 0 amide bonds. The Kier molecular flexibility index (Phi) is 2.95. The molecule has 0 unspecified atom stereocenters. The van der Waals surface area contributed by atoms with E-state index in [1.165, 1.54) is 6.07 Å². The van der Waals surface area contributed by atoms with Gasteiger partial charge in [0.25, 0.3) is 10.0 Å². The third kappa shape index (κ3) is 2.14. The lowest BCUT2D eigenvalue weighted by Crippen LogP contribution is -2.14. The fourth-order valence-electron chi connectivity index (χ4n) is 1.26. The normalized spacial score (nSPS) is 11.4. The van der Waals surface area contributed by atoms with Crippen LogP contribution in [0.1, 0.15) is 0 Å². The van der Waals surface area contributed by atoms with Gasteiger partial charge in [-0.25, -0.2) is 17.2 Å². The van der Waals surface area contributed by atoms with Crippen LogP contribution < -0.4 is 10.5 Å². The van der Waals surface area contributed by atoms with E-state index >= 15 is 0 Å². The molecule has 1 aromatic carbocycles. The molecule has 0 aliphatic heterocycles. The molecule has 0 atom stereocenters. The van der Waals surface area contributed by atoms with E-state index in [4.69, 9.17) is 5.73 Å². The summed E-state index contributed by atoms with van der Waals surface area (Å²) in [5.41, 5.74) is 3.93. The predicted octanol–water partition coefficient (Wildman–Crippen LogP) is 1.94. The first-order chi connectivity index (χ1) is 8.42. The van der Waals surface area contributed by atoms with Crippen molar-refractivity contribution in [2.75, 3.05) is 10.5 Å². The minimum atomic E-state index is -3.98. The summed E-state index contributed by atoms with van der Waals surface area (Å²) in [5.74, 6) is -2.12. The Labute approximate surface area is 101 Å². The number of rotatable bonds is 3. The molecule has 0 saturated carbocycles. The smallest absolute Gasteiger partial charge is 0.265 e. The molecule has 5 nitrogen and oxygen atoms in total. The summed E-state index contributed by atoms with van der Waals surface area (Å²) in [6, 6.07) is 3.00. The standard InChI is InChI=1S/C10H8F2N2O3S/c11-7-1-2-8(9(12)10(7)13)14-18(15,16)6-3-4-17-5-6/h1-5,14H,13H2. The van der Waals surface area contributed by atoms with E-state index in [0.717, 1.165) is 24.7 Å². The summed E-state index contributed by atoms with van der Waals surface area (Å²) in [7, 11) is -3.98. The van der Waals surface area contributed by atoms with E-state index in [0.29, 0.717) is 0 Å². The van der Waals surface area contributed by atoms with Gasteiger partial charge in [0.1, 0.15) is 22.7 Å². The molecule has 0 fully saturated rings. The monoisotopic (exact) mass is 274 g/mol. The highest BCUT2D eigenvalue weighted by atomic mass is 32.2. The molecule has 0 aliphatic rings. The zero-order valence-corrected chi connectivity index (χ0v) is 9.67. The summed E-state index contributed by atoms with van der Waals surface area (Å²) in [4.78, 5) is -0.176. The van der Waals surface area contributed by atoms with Crippen LogP contribution in [0.25, 0.3) is 0 Å². The number of halogens is 2. The number of nitrogens with one attached hydrogen (secondary N) is 1. The first-order valence-electron chi connectivity index (χ1n) is 4.70. The van der Waals surface area contributed by atoms with Crippen LogP contribution in [-0.2, 0) is 10.0 Å². The van der Waals surface area contributed by atoms with Gasteiger partial charge >= 0.3 is 0 Å². The van der Waals surface area contributed by atoms with Crippen LogP contribution in [-0.4, -0.2) is 8.42 Å². The van der Waals surface area contributed by atoms with Crippen LogP contribution in [0.3, 0.4) is 0 Å². The lowest BCUT2D eigenvalue weighted by atomic mass is 10.2. The van der Waals surface area contributed by atoms with Crippen molar-refractivity contribution in [3.63, 3.8) is 0 Å². The highest BCUT2D eigenvalue weighted by Crippen LogP contribution is 2.25. The summed E-state index contributed by atoms with van der Waals surface area (Å²) in [5, 5.41) is 0. The van der Waals surface area contributed by atoms with E-state index in [9.17, 15) is 17.2 Å². The number of benzene rings is 1. The van der Waals surface area contributed by atoms with E-state index in [1.807, 2.05) is 4.72 Å². The maximum Gasteiger partial charge on any atom is 0.265 e. The zero-order chi connectivity index (χ0) is 13.3. The molecule has 0 radical (unpaired) electrons. The molecule has 1 aromatic heterocycles. The Balaban J connectivity index is 2.39. The molecule has 18 heavy (non-hydrogen) atoms. The minimum Gasteiger partial charge on any atom is -0.471 e. The van der Waals surface area contributed by atoms with E-state index in [1.54, 1.807) is 0 Å². The van der Waals surface area contributed by atoms with Gasteiger partial charge in [-0.2, -0.15) is 0 Å². The summed E-state index contributed by atoms with van der Waals surface area (Å²) in [6.45, 7) is 0. The van der Waals surface area contributed by atoms with Gasteiger partial charge in [0.2, 0.25) is 0 Å². The maximum absolute atomic E-state index is 13.5. The number of furan rings is 1. The van der Waals surface area contributed by atoms with Crippen LogP contribution in [0.2, 0.25) is 0 Å². The van der Waals surface area contributed by atoms with Crippen molar-refractivity contribution >= 4 is 21.4 Å². The molecule has 3 N–H and O–H groups in total. The van der Waals surface area contributed by atoms with Crippen molar-refractivity contribution in [2.24, 2.45) is 0 Å². The maximum atomic E-state index is 13.5. The molecule has 1 heterocycles. The van der Waals surface area contributed by atoms with Crippen molar-refractivity contribution < 1.29 is 21.6 Å². The highest BCUT2D eigenvalue weighted by Gasteiger charge is 2.19. The first-order valence-corrected chi connectivity index (χ1v) is 6.18. The zero-order valence-electron chi connectivity index (χ0n) is 8.85. The SMILES string of the molecule is Nc1c(F)ccc(NS(=O)(=O)c2ccoc2)c1F. The molecule has 2 aromatic rings. The second kappa shape index (κ2) is 4.30. The molecule has 0 bridgehead atoms. The largest absolute Gasteiger partial charge is 0.471 e. The number of anilines is 2. The summed E-state index contributed by atoms with van der Waals surface area (Å²) >= 11 is 0. The number of hydrogen-bond acceptors (Lipinski definition) is 4. The highest BCUT2D eigenvalue weighted by molar-refractivity contribution is 7.92. The Morgan fingerprint density at radius 1 is 1.22 bits per heavy atom. The lowest BCUT2D eigenvalue weighted by Gasteiger charge is -2.08. The molecule has 0 aliphatic carbocycles. The van der Waals surface area contributed by atoms with Gasteiger partial charge in [0.05, 0.1) is 12.0 Å². The molecule has 2 rings (SSSR count). The van der Waals surface area contributed by atoms with Crippen molar-refractivity contribution in [1.82, 2.24) is 0 Å². The van der Waals surface area contributed by atoms with Crippen molar-refractivity contribution in [2.45, 2.75) is 4.90 Å². The summed E-state index contributed by atoms with van der Waals surface area (Å²) in [6.07, 6.45) is 2.14. The van der Waals surface area contributed by atoms with Crippen molar-refractivity contribution in [1.29, 1.82) is 0 Å². The third-order valence-corrected chi connectivity index (χ3v) is 3.52. The number of nitrogens with two attached hydrogens (primary N) is 1. The van der Waals surface area contributed by atoms with Gasteiger partial charge in [-0.05, 0) is 18.2 Å². The second-order valence-electron chi connectivity index (χ2n) is 3.39. The van der Waals surface area contributed by atoms with Crippen LogP contribution in [0.4, 0.5) is 20.2 Å². The molecule has 8 heteroatoms. The van der Waals surface area contributed by atoms with Crippen LogP contribution >= 0.6 is 0 Å². The van der Waals surface area contributed by atoms with Gasteiger partial charge in [-0.1, -0.05) is 0 Å². The predicted molar refractivity (Wildman–Crippen MR) is 60.3 cm³/mol. The number of nitrogen functional groups attached to an aromatic ring is 1. The Bertz CT molecular complexity index is 669. The molecule has 0 spiro atoms. The second-order valence-corrected chi connectivity index (χ2v) is 5.07. The molecular formula is C10H8F2N2O3S. The lowest BCUT2D eigenvalue weighted by molar-refractivity contribution is 0.556. The Morgan fingerprint density at radius 2 is 1.94 bits per heavy atom. The van der Waals surface area contributed by atoms with E-state index in [2.05, 4.69) is 4.42 Å². The van der Waals surface area contributed by atoms with Crippen LogP contribution in [0, 0.1) is 11.6 Å². The topological polar surface area (TPSA) is 85.3 Å². The fraction of sp³-hybridized carbons (Fsp3) is 0. The van der Waals surface area contributed by atoms with Gasteiger partial charge in [-0.15, -0.1) is 0 Å². The number of sulfonamides is 1. The van der Waals surface area contributed by atoms with Crippen LogP contribution in [0.15, 0.2) is 40.0 Å².